The molecule has 0 bridgehead atoms. The van der Waals surface area contributed by atoms with Gasteiger partial charge < -0.3 is 25.0 Å². The fraction of sp³-hybridized carbons (Fsp3) is 0.952. The van der Waals surface area contributed by atoms with Crippen LogP contribution in [0.2, 0.25) is 0 Å². The number of hydrogen-bond acceptors (Lipinski definition) is 4. The maximum absolute atomic E-state index is 5.83. The number of rotatable bonds is 12. The highest BCUT2D eigenvalue weighted by Gasteiger charge is 2.20. The number of guanidine groups is 1. The van der Waals surface area contributed by atoms with Crippen molar-refractivity contribution < 1.29 is 9.47 Å². The molecule has 168 valence electrons. The van der Waals surface area contributed by atoms with Gasteiger partial charge in [-0.2, -0.15) is 0 Å². The summed E-state index contributed by atoms with van der Waals surface area (Å²) >= 11 is 0. The van der Waals surface area contributed by atoms with Crippen molar-refractivity contribution in [3.05, 3.63) is 0 Å². The zero-order valence-corrected chi connectivity index (χ0v) is 21.3. The first-order valence-corrected chi connectivity index (χ1v) is 11.0. The van der Waals surface area contributed by atoms with Gasteiger partial charge in [-0.25, -0.2) is 0 Å². The molecular formula is C21H45IN4O2. The number of nitrogens with zero attached hydrogens (tertiary/aromatic N) is 2. The Morgan fingerprint density at radius 2 is 1.79 bits per heavy atom. The Hall–Kier alpha value is -0.120. The van der Waals surface area contributed by atoms with Crippen LogP contribution in [0.1, 0.15) is 60.8 Å². The third kappa shape index (κ3) is 12.4. The summed E-state index contributed by atoms with van der Waals surface area (Å²) in [6, 6.07) is 0.498. The molecule has 1 aliphatic rings. The van der Waals surface area contributed by atoms with Gasteiger partial charge in [-0.05, 0) is 52.9 Å². The van der Waals surface area contributed by atoms with Crippen molar-refractivity contribution in [2.45, 2.75) is 79.1 Å². The molecule has 0 aromatic heterocycles. The van der Waals surface area contributed by atoms with E-state index >= 15 is 0 Å². The minimum Gasteiger partial charge on any atom is -0.378 e. The summed E-state index contributed by atoms with van der Waals surface area (Å²) in [5.41, 5.74) is 0. The predicted octanol–water partition coefficient (Wildman–Crippen LogP) is 3.50. The molecule has 1 heterocycles. The molecule has 0 aromatic carbocycles. The highest BCUT2D eigenvalue weighted by molar-refractivity contribution is 14.0. The average molecular weight is 513 g/mol. The van der Waals surface area contributed by atoms with Crippen molar-refractivity contribution >= 4 is 29.9 Å². The summed E-state index contributed by atoms with van der Waals surface area (Å²) < 4.78 is 11.5. The monoisotopic (exact) mass is 512 g/mol. The number of piperidine rings is 1. The van der Waals surface area contributed by atoms with Crippen LogP contribution in [0.5, 0.6) is 0 Å². The molecule has 0 amide bonds. The van der Waals surface area contributed by atoms with E-state index in [1.165, 1.54) is 0 Å². The molecule has 2 N–H and O–H groups in total. The molecule has 1 fully saturated rings. The van der Waals surface area contributed by atoms with E-state index in [2.05, 4.69) is 57.1 Å². The second-order valence-corrected chi connectivity index (χ2v) is 7.97. The maximum atomic E-state index is 5.83. The zero-order chi connectivity index (χ0) is 20.1. The summed E-state index contributed by atoms with van der Waals surface area (Å²) in [5, 5.41) is 7.01. The normalized spacial score (nSPS) is 17.6. The van der Waals surface area contributed by atoms with Crippen LogP contribution in [0.25, 0.3) is 0 Å². The zero-order valence-electron chi connectivity index (χ0n) is 19.0. The van der Waals surface area contributed by atoms with Crippen molar-refractivity contribution in [2.75, 3.05) is 45.9 Å². The van der Waals surface area contributed by atoms with Gasteiger partial charge in [0.1, 0.15) is 0 Å². The molecule has 7 heteroatoms. The van der Waals surface area contributed by atoms with Crippen LogP contribution < -0.4 is 10.6 Å². The summed E-state index contributed by atoms with van der Waals surface area (Å²) in [6.45, 7) is 19.4. The van der Waals surface area contributed by atoms with Crippen LogP contribution in [-0.4, -0.2) is 75.0 Å². The summed E-state index contributed by atoms with van der Waals surface area (Å²) in [6.07, 6.45) is 3.88. The lowest BCUT2D eigenvalue weighted by atomic mass is 10.0. The third-order valence-corrected chi connectivity index (χ3v) is 4.94. The summed E-state index contributed by atoms with van der Waals surface area (Å²) in [7, 11) is 0. The largest absolute Gasteiger partial charge is 0.378 e. The van der Waals surface area contributed by atoms with Crippen LogP contribution in [0.3, 0.4) is 0 Å². The van der Waals surface area contributed by atoms with Gasteiger partial charge in [0.2, 0.25) is 0 Å². The number of halogens is 1. The van der Waals surface area contributed by atoms with E-state index in [9.17, 15) is 0 Å². The van der Waals surface area contributed by atoms with Gasteiger partial charge in [0.05, 0.1) is 18.8 Å². The summed E-state index contributed by atoms with van der Waals surface area (Å²) in [4.78, 5) is 7.28. The van der Waals surface area contributed by atoms with Gasteiger partial charge >= 0.3 is 0 Å². The van der Waals surface area contributed by atoms with E-state index in [1.807, 2.05) is 0 Å². The van der Waals surface area contributed by atoms with E-state index < -0.39 is 0 Å². The van der Waals surface area contributed by atoms with Gasteiger partial charge in [0, 0.05) is 45.4 Å². The second-order valence-electron chi connectivity index (χ2n) is 7.97. The molecule has 1 saturated heterocycles. The number of likely N-dealkylation sites (tertiary alicyclic amines) is 1. The average Bonchev–Trinajstić information content (AvgIpc) is 2.62. The van der Waals surface area contributed by atoms with E-state index in [-0.39, 0.29) is 30.1 Å². The fourth-order valence-electron chi connectivity index (χ4n) is 3.36. The number of aliphatic imine (C=N–C) groups is 1. The highest BCUT2D eigenvalue weighted by Crippen LogP contribution is 2.12. The minimum atomic E-state index is 0. The Bertz CT molecular complexity index is 400. The number of ether oxygens (including phenoxy) is 2. The standard InChI is InChI=1S/C21H44N4O2.HI/c1-7-22-21(23-12-9-20(17(3)4)26-8-2)24-19-10-13-25(14-11-19)15-16-27-18(5)6;/h17-20H,7-16H2,1-6H3,(H2,22,23,24);1H. The SMILES string of the molecule is CCNC(=NCCC(OCC)C(C)C)NC1CCN(CCOC(C)C)CC1.I. The Labute approximate surface area is 190 Å². The van der Waals surface area contributed by atoms with Gasteiger partial charge in [-0.3, -0.25) is 4.99 Å². The molecule has 0 spiro atoms. The van der Waals surface area contributed by atoms with Crippen molar-refractivity contribution in [3.63, 3.8) is 0 Å². The smallest absolute Gasteiger partial charge is 0.191 e. The van der Waals surface area contributed by atoms with E-state index in [0.717, 1.165) is 71.2 Å². The fourth-order valence-corrected chi connectivity index (χ4v) is 3.36. The quantitative estimate of drug-likeness (QED) is 0.238. The van der Waals surface area contributed by atoms with Gasteiger partial charge in [-0.1, -0.05) is 13.8 Å². The molecule has 1 atom stereocenters. The van der Waals surface area contributed by atoms with Gasteiger partial charge in [0.25, 0.3) is 0 Å². The van der Waals surface area contributed by atoms with Crippen LogP contribution >= 0.6 is 24.0 Å². The highest BCUT2D eigenvalue weighted by atomic mass is 127. The maximum Gasteiger partial charge on any atom is 0.191 e. The molecule has 1 unspecified atom stereocenters. The second kappa shape index (κ2) is 16.7. The number of nitrogens with one attached hydrogen (secondary N) is 2. The summed E-state index contributed by atoms with van der Waals surface area (Å²) in [5.74, 6) is 1.47. The van der Waals surface area contributed by atoms with Crippen molar-refractivity contribution in [1.82, 2.24) is 15.5 Å². The van der Waals surface area contributed by atoms with Crippen molar-refractivity contribution in [2.24, 2.45) is 10.9 Å². The van der Waals surface area contributed by atoms with Gasteiger partial charge in [-0.15, -0.1) is 24.0 Å². The third-order valence-electron chi connectivity index (χ3n) is 4.94. The first-order chi connectivity index (χ1) is 13.0. The van der Waals surface area contributed by atoms with Crippen molar-refractivity contribution in [1.29, 1.82) is 0 Å². The molecule has 28 heavy (non-hydrogen) atoms. The molecule has 6 nitrogen and oxygen atoms in total. The van der Waals surface area contributed by atoms with E-state index in [4.69, 9.17) is 14.5 Å². The number of hydrogen-bond donors (Lipinski definition) is 2. The van der Waals surface area contributed by atoms with E-state index in [0.29, 0.717) is 18.1 Å². The minimum absolute atomic E-state index is 0. The Morgan fingerprint density at radius 1 is 1.11 bits per heavy atom. The molecule has 0 saturated carbocycles. The molecule has 0 radical (unpaired) electrons. The lowest BCUT2D eigenvalue weighted by Gasteiger charge is -2.33. The predicted molar refractivity (Wildman–Crippen MR) is 130 cm³/mol. The van der Waals surface area contributed by atoms with Crippen LogP contribution in [0.15, 0.2) is 4.99 Å². The van der Waals surface area contributed by atoms with Crippen LogP contribution in [-0.2, 0) is 9.47 Å². The van der Waals surface area contributed by atoms with Crippen LogP contribution in [0.4, 0.5) is 0 Å². The first kappa shape index (κ1) is 27.9. The van der Waals surface area contributed by atoms with Crippen molar-refractivity contribution in [3.8, 4) is 0 Å². The van der Waals surface area contributed by atoms with E-state index in [1.54, 1.807) is 0 Å². The first-order valence-electron chi connectivity index (χ1n) is 11.0. The lowest BCUT2D eigenvalue weighted by Crippen LogP contribution is -2.49. The topological polar surface area (TPSA) is 58.1 Å². The Kier molecular flexibility index (Phi) is 16.6. The molecule has 1 rings (SSSR count). The molecule has 1 aliphatic heterocycles. The lowest BCUT2D eigenvalue weighted by molar-refractivity contribution is 0.0266. The Balaban J connectivity index is 0.00000729. The molecule has 0 aliphatic carbocycles. The molecular weight excluding hydrogens is 467 g/mol. The van der Waals surface area contributed by atoms with Crippen LogP contribution in [0, 0.1) is 5.92 Å². The Morgan fingerprint density at radius 3 is 2.32 bits per heavy atom. The molecule has 0 aromatic rings. The van der Waals surface area contributed by atoms with Gasteiger partial charge in [0.15, 0.2) is 5.96 Å².